The summed E-state index contributed by atoms with van der Waals surface area (Å²) in [5.74, 6) is -1.09. The van der Waals surface area contributed by atoms with E-state index in [1.54, 1.807) is 6.92 Å². The van der Waals surface area contributed by atoms with Crippen LogP contribution in [0.25, 0.3) is 0 Å². The van der Waals surface area contributed by atoms with Gasteiger partial charge in [-0.3, -0.25) is 9.59 Å². The first-order valence-electron chi connectivity index (χ1n) is 4.40. The van der Waals surface area contributed by atoms with Crippen LogP contribution in [0.3, 0.4) is 0 Å². The second-order valence-corrected chi connectivity index (χ2v) is 3.13. The molecule has 0 aliphatic heterocycles. The van der Waals surface area contributed by atoms with Gasteiger partial charge in [0.2, 0.25) is 0 Å². The smallest absolute Gasteiger partial charge is 0.310 e. The highest BCUT2D eigenvalue weighted by Gasteiger charge is 2.14. The first kappa shape index (κ1) is 11.4. The fourth-order valence-electron chi connectivity index (χ4n) is 1.26. The molecule has 0 amide bonds. The van der Waals surface area contributed by atoms with Crippen molar-refractivity contribution in [3.63, 3.8) is 0 Å². The van der Waals surface area contributed by atoms with Crippen LogP contribution in [-0.4, -0.2) is 19.4 Å². The molecule has 1 aromatic rings. The maximum atomic E-state index is 13.6. The zero-order valence-corrected chi connectivity index (χ0v) is 8.54. The molecule has 3 nitrogen and oxygen atoms in total. The van der Waals surface area contributed by atoms with Crippen LogP contribution in [0, 0.1) is 12.7 Å². The van der Waals surface area contributed by atoms with Gasteiger partial charge in [0.05, 0.1) is 13.5 Å². The van der Waals surface area contributed by atoms with Crippen molar-refractivity contribution in [2.24, 2.45) is 0 Å². The molecule has 1 rings (SSSR count). The molecule has 0 saturated carbocycles. The van der Waals surface area contributed by atoms with Crippen molar-refractivity contribution in [2.45, 2.75) is 13.3 Å². The van der Waals surface area contributed by atoms with Crippen LogP contribution in [0.15, 0.2) is 12.1 Å². The van der Waals surface area contributed by atoms with Gasteiger partial charge in [0.15, 0.2) is 0 Å². The van der Waals surface area contributed by atoms with E-state index in [1.165, 1.54) is 19.2 Å². The third kappa shape index (κ3) is 2.40. The third-order valence-electron chi connectivity index (χ3n) is 2.15. The van der Waals surface area contributed by atoms with Crippen molar-refractivity contribution in [3.8, 4) is 0 Å². The largest absolute Gasteiger partial charge is 0.469 e. The molecule has 0 saturated heterocycles. The van der Waals surface area contributed by atoms with Crippen molar-refractivity contribution in [1.82, 2.24) is 0 Å². The number of hydrogen-bond donors (Lipinski definition) is 0. The summed E-state index contributed by atoms with van der Waals surface area (Å²) >= 11 is 0. The third-order valence-corrected chi connectivity index (χ3v) is 2.15. The van der Waals surface area contributed by atoms with Gasteiger partial charge < -0.3 is 4.74 Å². The molecule has 0 N–H and O–H groups in total. The summed E-state index contributed by atoms with van der Waals surface area (Å²) in [6.07, 6.45) is 0.304. The van der Waals surface area contributed by atoms with Crippen molar-refractivity contribution in [2.75, 3.05) is 7.11 Å². The molecule has 15 heavy (non-hydrogen) atoms. The van der Waals surface area contributed by atoms with E-state index in [1.807, 2.05) is 0 Å². The number of rotatable bonds is 3. The van der Waals surface area contributed by atoms with Gasteiger partial charge in [0.1, 0.15) is 12.1 Å². The first-order valence-corrected chi connectivity index (χ1v) is 4.40. The maximum absolute atomic E-state index is 13.6. The Morgan fingerprint density at radius 3 is 2.73 bits per heavy atom. The average molecular weight is 210 g/mol. The van der Waals surface area contributed by atoms with E-state index in [-0.39, 0.29) is 17.5 Å². The Balaban J connectivity index is 3.17. The zero-order chi connectivity index (χ0) is 11.4. The van der Waals surface area contributed by atoms with Crippen molar-refractivity contribution in [3.05, 3.63) is 34.6 Å². The van der Waals surface area contributed by atoms with Crippen LogP contribution in [0.5, 0.6) is 0 Å². The number of methoxy groups -OCH3 is 1. The summed E-state index contributed by atoms with van der Waals surface area (Å²) in [6.45, 7) is 1.57. The zero-order valence-electron chi connectivity index (χ0n) is 8.54. The predicted octanol–water partition coefficient (Wildman–Crippen LogP) is 1.66. The summed E-state index contributed by atoms with van der Waals surface area (Å²) in [5.41, 5.74) is 0.680. The lowest BCUT2D eigenvalue weighted by molar-refractivity contribution is -0.139. The number of aryl methyl sites for hydroxylation is 1. The van der Waals surface area contributed by atoms with E-state index in [4.69, 9.17) is 0 Å². The first-order chi connectivity index (χ1) is 7.10. The molecule has 0 aliphatic carbocycles. The molecule has 0 spiro atoms. The van der Waals surface area contributed by atoms with E-state index in [0.717, 1.165) is 0 Å². The fraction of sp³-hybridized carbons (Fsp3) is 0.273. The van der Waals surface area contributed by atoms with Gasteiger partial charge in [0.25, 0.3) is 0 Å². The molecule has 0 aliphatic rings. The number of carbonyl (C=O) groups is 2. The molecule has 0 heterocycles. The van der Waals surface area contributed by atoms with E-state index < -0.39 is 11.8 Å². The minimum atomic E-state index is -0.567. The number of carbonyl (C=O) groups excluding carboxylic acids is 2. The normalized spacial score (nSPS) is 9.80. The Morgan fingerprint density at radius 1 is 1.53 bits per heavy atom. The van der Waals surface area contributed by atoms with Gasteiger partial charge in [-0.2, -0.15) is 0 Å². The number of benzene rings is 1. The molecule has 0 fully saturated rings. The summed E-state index contributed by atoms with van der Waals surface area (Å²) in [6, 6.07) is 2.99. The number of esters is 1. The van der Waals surface area contributed by atoms with Crippen LogP contribution in [0.1, 0.15) is 21.5 Å². The molecule has 0 radical (unpaired) electrons. The second-order valence-electron chi connectivity index (χ2n) is 3.13. The average Bonchev–Trinajstić information content (AvgIpc) is 2.25. The van der Waals surface area contributed by atoms with Gasteiger partial charge in [-0.25, -0.2) is 4.39 Å². The molecule has 4 heteroatoms. The van der Waals surface area contributed by atoms with Gasteiger partial charge >= 0.3 is 5.97 Å². The highest BCUT2D eigenvalue weighted by Crippen LogP contribution is 2.17. The minimum Gasteiger partial charge on any atom is -0.469 e. The number of hydrogen-bond acceptors (Lipinski definition) is 3. The van der Waals surface area contributed by atoms with Crippen molar-refractivity contribution < 1.29 is 18.7 Å². The lowest BCUT2D eigenvalue weighted by atomic mass is 10.0. The molecule has 0 unspecified atom stereocenters. The SMILES string of the molecule is COC(=O)Cc1c(C=O)ccc(C)c1F. The molecular formula is C11H11FO3. The summed E-state index contributed by atoms with van der Waals surface area (Å²) in [5, 5.41) is 0. The predicted molar refractivity (Wildman–Crippen MR) is 52.2 cm³/mol. The Bertz CT molecular complexity index is 399. The minimum absolute atomic E-state index is 0.0943. The van der Waals surface area contributed by atoms with Gasteiger partial charge in [-0.05, 0) is 12.5 Å². The Hall–Kier alpha value is -1.71. The van der Waals surface area contributed by atoms with E-state index in [9.17, 15) is 14.0 Å². The second kappa shape index (κ2) is 4.68. The Kier molecular flexibility index (Phi) is 3.55. The number of aldehydes is 1. The highest BCUT2D eigenvalue weighted by atomic mass is 19.1. The summed E-state index contributed by atoms with van der Waals surface area (Å²) in [7, 11) is 1.22. The van der Waals surface area contributed by atoms with Crippen molar-refractivity contribution in [1.29, 1.82) is 0 Å². The van der Waals surface area contributed by atoms with E-state index in [2.05, 4.69) is 4.74 Å². The molecular weight excluding hydrogens is 199 g/mol. The lowest BCUT2D eigenvalue weighted by Gasteiger charge is -2.07. The summed E-state index contributed by atoms with van der Waals surface area (Å²) < 4.78 is 18.0. The van der Waals surface area contributed by atoms with Gasteiger partial charge in [0, 0.05) is 11.1 Å². The number of ether oxygens (including phenoxy) is 1. The molecule has 0 aromatic heterocycles. The molecule has 0 bridgehead atoms. The number of halogens is 1. The van der Waals surface area contributed by atoms with Crippen LogP contribution in [0.4, 0.5) is 4.39 Å². The van der Waals surface area contributed by atoms with E-state index >= 15 is 0 Å². The quantitative estimate of drug-likeness (QED) is 0.563. The standard InChI is InChI=1S/C11H11FO3/c1-7-3-4-8(6-13)9(11(7)12)5-10(14)15-2/h3-4,6H,5H2,1-2H3. The Labute approximate surface area is 86.9 Å². The van der Waals surface area contributed by atoms with Crippen LogP contribution >= 0.6 is 0 Å². The lowest BCUT2D eigenvalue weighted by Crippen LogP contribution is -2.09. The highest BCUT2D eigenvalue weighted by molar-refractivity contribution is 5.82. The van der Waals surface area contributed by atoms with Crippen LogP contribution < -0.4 is 0 Å². The van der Waals surface area contributed by atoms with Crippen LogP contribution in [0.2, 0.25) is 0 Å². The van der Waals surface area contributed by atoms with Gasteiger partial charge in [-0.15, -0.1) is 0 Å². The van der Waals surface area contributed by atoms with Gasteiger partial charge in [-0.1, -0.05) is 12.1 Å². The monoisotopic (exact) mass is 210 g/mol. The van der Waals surface area contributed by atoms with Crippen molar-refractivity contribution >= 4 is 12.3 Å². The topological polar surface area (TPSA) is 43.4 Å². The molecule has 80 valence electrons. The maximum Gasteiger partial charge on any atom is 0.310 e. The van der Waals surface area contributed by atoms with Crippen LogP contribution in [-0.2, 0) is 16.0 Å². The fourth-order valence-corrected chi connectivity index (χ4v) is 1.26. The molecule has 1 aromatic carbocycles. The summed E-state index contributed by atoms with van der Waals surface area (Å²) in [4.78, 5) is 21.6. The molecule has 0 atom stereocenters. The Morgan fingerprint density at radius 2 is 2.20 bits per heavy atom. The van der Waals surface area contributed by atoms with E-state index in [0.29, 0.717) is 11.8 Å².